The number of rotatable bonds is 11. The van der Waals surface area contributed by atoms with Crippen molar-refractivity contribution in [3.63, 3.8) is 0 Å². The van der Waals surface area contributed by atoms with Gasteiger partial charge in [0.2, 0.25) is 5.88 Å². The Morgan fingerprint density at radius 3 is 2.61 bits per heavy atom. The number of nitrogens with one attached hydrogen (secondary N) is 1. The minimum atomic E-state index is -0.831. The largest absolute Gasteiger partial charge is 0.475 e. The van der Waals surface area contributed by atoms with Crippen molar-refractivity contribution in [2.45, 2.75) is 45.1 Å². The standard InChI is InChI=1S/C17H28N2O4/c1-5-6-7-10-17(2,22-4)16(20)19-14-8-9-15(18-13-14)23-12-11-21-3/h8-9,13H,5-7,10-12H2,1-4H3,(H,19,20). The smallest absolute Gasteiger partial charge is 0.256 e. The van der Waals surface area contributed by atoms with Crippen LogP contribution >= 0.6 is 0 Å². The van der Waals surface area contributed by atoms with Gasteiger partial charge in [-0.2, -0.15) is 0 Å². The van der Waals surface area contributed by atoms with Gasteiger partial charge in [0.05, 0.1) is 18.5 Å². The summed E-state index contributed by atoms with van der Waals surface area (Å²) in [5, 5.41) is 2.85. The predicted octanol–water partition coefficient (Wildman–Crippen LogP) is 3.03. The van der Waals surface area contributed by atoms with Gasteiger partial charge in [0.1, 0.15) is 12.2 Å². The summed E-state index contributed by atoms with van der Waals surface area (Å²) in [5.74, 6) is 0.337. The molecule has 0 fully saturated rings. The van der Waals surface area contributed by atoms with Crippen LogP contribution in [0.2, 0.25) is 0 Å². The molecule has 1 unspecified atom stereocenters. The Bertz CT molecular complexity index is 464. The lowest BCUT2D eigenvalue weighted by Crippen LogP contribution is -2.42. The van der Waals surface area contributed by atoms with E-state index in [9.17, 15) is 4.79 Å². The van der Waals surface area contributed by atoms with Crippen LogP contribution in [0.1, 0.15) is 39.5 Å². The molecule has 1 heterocycles. The molecule has 0 bridgehead atoms. The van der Waals surface area contributed by atoms with Crippen LogP contribution in [0.25, 0.3) is 0 Å². The highest BCUT2D eigenvalue weighted by molar-refractivity contribution is 5.96. The number of carbonyl (C=O) groups excluding carboxylic acids is 1. The van der Waals surface area contributed by atoms with Crippen molar-refractivity contribution >= 4 is 11.6 Å². The van der Waals surface area contributed by atoms with Gasteiger partial charge in [0.15, 0.2) is 0 Å². The summed E-state index contributed by atoms with van der Waals surface area (Å²) in [5.41, 5.74) is -0.212. The minimum absolute atomic E-state index is 0.161. The van der Waals surface area contributed by atoms with Crippen LogP contribution < -0.4 is 10.1 Å². The number of hydrogen-bond donors (Lipinski definition) is 1. The highest BCUT2D eigenvalue weighted by atomic mass is 16.5. The first-order valence-corrected chi connectivity index (χ1v) is 8.00. The lowest BCUT2D eigenvalue weighted by Gasteiger charge is -2.26. The van der Waals surface area contributed by atoms with Crippen LogP contribution in [0.15, 0.2) is 18.3 Å². The second-order valence-corrected chi connectivity index (χ2v) is 5.57. The highest BCUT2D eigenvalue weighted by Gasteiger charge is 2.32. The molecule has 130 valence electrons. The zero-order chi connectivity index (χ0) is 17.1. The third-order valence-corrected chi connectivity index (χ3v) is 3.72. The molecular weight excluding hydrogens is 296 g/mol. The quantitative estimate of drug-likeness (QED) is 0.634. The molecule has 0 saturated carbocycles. The summed E-state index contributed by atoms with van der Waals surface area (Å²) in [6.07, 6.45) is 5.41. The van der Waals surface area contributed by atoms with E-state index in [0.29, 0.717) is 31.2 Å². The van der Waals surface area contributed by atoms with Crippen molar-refractivity contribution in [2.75, 3.05) is 32.8 Å². The van der Waals surface area contributed by atoms with E-state index < -0.39 is 5.60 Å². The highest BCUT2D eigenvalue weighted by Crippen LogP contribution is 2.21. The maximum atomic E-state index is 12.4. The average Bonchev–Trinajstić information content (AvgIpc) is 2.56. The molecule has 0 radical (unpaired) electrons. The van der Waals surface area contributed by atoms with E-state index in [4.69, 9.17) is 14.2 Å². The molecule has 0 saturated heterocycles. The summed E-state index contributed by atoms with van der Waals surface area (Å²) in [6, 6.07) is 3.47. The molecular formula is C17H28N2O4. The lowest BCUT2D eigenvalue weighted by atomic mass is 9.97. The van der Waals surface area contributed by atoms with E-state index in [2.05, 4.69) is 17.2 Å². The number of carbonyl (C=O) groups is 1. The normalized spacial score (nSPS) is 13.4. The second-order valence-electron chi connectivity index (χ2n) is 5.57. The number of hydrogen-bond acceptors (Lipinski definition) is 5. The van der Waals surface area contributed by atoms with Crippen molar-refractivity contribution in [2.24, 2.45) is 0 Å². The Hall–Kier alpha value is -1.66. The molecule has 1 amide bonds. The number of anilines is 1. The molecule has 0 aromatic carbocycles. The van der Waals surface area contributed by atoms with Gasteiger partial charge < -0.3 is 19.5 Å². The summed E-state index contributed by atoms with van der Waals surface area (Å²) in [4.78, 5) is 16.6. The van der Waals surface area contributed by atoms with Gasteiger partial charge in [-0.25, -0.2) is 4.98 Å². The van der Waals surface area contributed by atoms with Gasteiger partial charge in [0, 0.05) is 20.3 Å². The van der Waals surface area contributed by atoms with Crippen LogP contribution in [0.5, 0.6) is 5.88 Å². The lowest BCUT2D eigenvalue weighted by molar-refractivity contribution is -0.136. The SMILES string of the molecule is CCCCCC(C)(OC)C(=O)Nc1ccc(OCCOC)nc1. The number of ether oxygens (including phenoxy) is 3. The number of aromatic nitrogens is 1. The van der Waals surface area contributed by atoms with E-state index in [1.165, 1.54) is 0 Å². The first-order valence-electron chi connectivity index (χ1n) is 8.00. The first-order chi connectivity index (χ1) is 11.1. The van der Waals surface area contributed by atoms with Gasteiger partial charge in [-0.3, -0.25) is 4.79 Å². The fourth-order valence-corrected chi connectivity index (χ4v) is 2.05. The monoisotopic (exact) mass is 324 g/mol. The molecule has 0 aliphatic carbocycles. The van der Waals surface area contributed by atoms with Crippen LogP contribution in [0.3, 0.4) is 0 Å². The fourth-order valence-electron chi connectivity index (χ4n) is 2.05. The Morgan fingerprint density at radius 1 is 1.26 bits per heavy atom. The molecule has 23 heavy (non-hydrogen) atoms. The van der Waals surface area contributed by atoms with Crippen LogP contribution in [-0.2, 0) is 14.3 Å². The second kappa shape index (κ2) is 10.2. The summed E-state index contributed by atoms with van der Waals surface area (Å²) >= 11 is 0. The van der Waals surface area contributed by atoms with Gasteiger partial charge >= 0.3 is 0 Å². The van der Waals surface area contributed by atoms with E-state index in [1.807, 2.05) is 6.92 Å². The Labute approximate surface area is 138 Å². The molecule has 1 aromatic rings. The Kier molecular flexibility index (Phi) is 8.58. The molecule has 1 N–H and O–H groups in total. The van der Waals surface area contributed by atoms with Crippen molar-refractivity contribution in [1.82, 2.24) is 4.98 Å². The average molecular weight is 324 g/mol. The third kappa shape index (κ3) is 6.54. The van der Waals surface area contributed by atoms with Crippen molar-refractivity contribution < 1.29 is 19.0 Å². The van der Waals surface area contributed by atoms with Gasteiger partial charge in [-0.15, -0.1) is 0 Å². The van der Waals surface area contributed by atoms with E-state index in [1.54, 1.807) is 32.5 Å². The Balaban J connectivity index is 2.57. The van der Waals surface area contributed by atoms with Crippen molar-refractivity contribution in [3.05, 3.63) is 18.3 Å². The number of amides is 1. The van der Waals surface area contributed by atoms with E-state index in [-0.39, 0.29) is 5.91 Å². The van der Waals surface area contributed by atoms with Gasteiger partial charge in [-0.05, 0) is 19.4 Å². The van der Waals surface area contributed by atoms with Crippen LogP contribution in [0.4, 0.5) is 5.69 Å². The van der Waals surface area contributed by atoms with Crippen molar-refractivity contribution in [1.29, 1.82) is 0 Å². The van der Waals surface area contributed by atoms with Crippen molar-refractivity contribution in [3.8, 4) is 5.88 Å². The van der Waals surface area contributed by atoms with Gasteiger partial charge in [-0.1, -0.05) is 26.2 Å². The minimum Gasteiger partial charge on any atom is -0.475 e. The molecule has 1 rings (SSSR count). The molecule has 1 aromatic heterocycles. The van der Waals surface area contributed by atoms with E-state index >= 15 is 0 Å². The molecule has 6 heteroatoms. The molecule has 0 spiro atoms. The Morgan fingerprint density at radius 2 is 2.04 bits per heavy atom. The molecule has 0 aliphatic rings. The summed E-state index contributed by atoms with van der Waals surface area (Å²) in [7, 11) is 3.18. The van der Waals surface area contributed by atoms with Crippen LogP contribution in [-0.4, -0.2) is 43.9 Å². The number of pyridine rings is 1. The number of unbranched alkanes of at least 4 members (excludes halogenated alkanes) is 2. The third-order valence-electron chi connectivity index (χ3n) is 3.72. The van der Waals surface area contributed by atoms with Crippen LogP contribution in [0, 0.1) is 0 Å². The van der Waals surface area contributed by atoms with E-state index in [0.717, 1.165) is 19.3 Å². The predicted molar refractivity (Wildman–Crippen MR) is 89.8 cm³/mol. The van der Waals surface area contributed by atoms with Gasteiger partial charge in [0.25, 0.3) is 5.91 Å². The first kappa shape index (κ1) is 19.4. The molecule has 6 nitrogen and oxygen atoms in total. The molecule has 0 aliphatic heterocycles. The zero-order valence-electron chi connectivity index (χ0n) is 14.6. The maximum absolute atomic E-state index is 12.4. The summed E-state index contributed by atoms with van der Waals surface area (Å²) < 4.78 is 15.7. The summed E-state index contributed by atoms with van der Waals surface area (Å²) in [6.45, 7) is 4.89. The topological polar surface area (TPSA) is 69.7 Å². The number of nitrogens with zero attached hydrogens (tertiary/aromatic N) is 1. The molecule has 1 atom stereocenters. The zero-order valence-corrected chi connectivity index (χ0v) is 14.6. The maximum Gasteiger partial charge on any atom is 0.256 e. The fraction of sp³-hybridized carbons (Fsp3) is 0.647. The number of methoxy groups -OCH3 is 2.